The standard InChI is InChI=1S/C21H28N4O2/c1-4-24-12-13-25-16(2)15-22-20(25)21(24)8-10-23(11-9-21)19(26)17-6-5-7-18(14-17)27-3/h5-7,14-15H,4,8-13H2,1-3H3. The number of likely N-dealkylation sites (tertiary alicyclic amines) is 1. The number of rotatable bonds is 3. The van der Waals surface area contributed by atoms with E-state index < -0.39 is 0 Å². The van der Waals surface area contributed by atoms with Crippen molar-refractivity contribution in [1.29, 1.82) is 0 Å². The maximum absolute atomic E-state index is 13.0. The third-order valence-electron chi connectivity index (χ3n) is 6.25. The molecule has 0 unspecified atom stereocenters. The van der Waals surface area contributed by atoms with Crippen LogP contribution in [0.25, 0.3) is 0 Å². The van der Waals surface area contributed by atoms with Crippen molar-refractivity contribution in [2.45, 2.75) is 38.8 Å². The van der Waals surface area contributed by atoms with Crippen LogP contribution in [0.2, 0.25) is 0 Å². The van der Waals surface area contributed by atoms with Gasteiger partial charge in [0.25, 0.3) is 5.91 Å². The molecule has 2 aromatic rings. The maximum atomic E-state index is 13.0. The third-order valence-corrected chi connectivity index (χ3v) is 6.25. The number of imidazole rings is 1. The molecule has 0 N–H and O–H groups in total. The topological polar surface area (TPSA) is 50.6 Å². The summed E-state index contributed by atoms with van der Waals surface area (Å²) in [6, 6.07) is 7.42. The van der Waals surface area contributed by atoms with Crippen LogP contribution in [0.5, 0.6) is 5.75 Å². The van der Waals surface area contributed by atoms with Gasteiger partial charge in [0.05, 0.1) is 12.6 Å². The van der Waals surface area contributed by atoms with Crippen molar-refractivity contribution in [3.63, 3.8) is 0 Å². The molecule has 6 heteroatoms. The highest BCUT2D eigenvalue weighted by molar-refractivity contribution is 5.94. The van der Waals surface area contributed by atoms with Gasteiger partial charge in [-0.1, -0.05) is 13.0 Å². The van der Waals surface area contributed by atoms with Crippen molar-refractivity contribution in [1.82, 2.24) is 19.4 Å². The zero-order valence-electron chi connectivity index (χ0n) is 16.4. The molecule has 4 rings (SSSR count). The Labute approximate surface area is 160 Å². The van der Waals surface area contributed by atoms with Crippen LogP contribution in [0.1, 0.15) is 41.6 Å². The fourth-order valence-corrected chi connectivity index (χ4v) is 4.71. The number of methoxy groups -OCH3 is 1. The second-order valence-electron chi connectivity index (χ2n) is 7.51. The van der Waals surface area contributed by atoms with Gasteiger partial charge in [-0.3, -0.25) is 9.69 Å². The van der Waals surface area contributed by atoms with E-state index in [1.807, 2.05) is 35.4 Å². The zero-order chi connectivity index (χ0) is 19.0. The fourth-order valence-electron chi connectivity index (χ4n) is 4.71. The summed E-state index contributed by atoms with van der Waals surface area (Å²) in [6.45, 7) is 8.91. The second-order valence-corrected chi connectivity index (χ2v) is 7.51. The molecule has 0 atom stereocenters. The first kappa shape index (κ1) is 18.0. The van der Waals surface area contributed by atoms with Gasteiger partial charge in [-0.05, 0) is 44.5 Å². The average molecular weight is 368 g/mol. The first-order valence-corrected chi connectivity index (χ1v) is 9.80. The first-order valence-electron chi connectivity index (χ1n) is 9.80. The lowest BCUT2D eigenvalue weighted by Crippen LogP contribution is -2.58. The number of nitrogens with zero attached hydrogens (tertiary/aromatic N) is 4. The SMILES string of the molecule is CCN1CCn2c(C)cnc2C12CCN(C(=O)c1cccc(OC)c1)CC2. The molecule has 144 valence electrons. The molecule has 1 amide bonds. The molecule has 1 spiro atoms. The van der Waals surface area contributed by atoms with Crippen molar-refractivity contribution in [3.8, 4) is 5.75 Å². The highest BCUT2D eigenvalue weighted by Crippen LogP contribution is 2.41. The van der Waals surface area contributed by atoms with Gasteiger partial charge in [-0.25, -0.2) is 4.98 Å². The van der Waals surface area contributed by atoms with E-state index in [0.717, 1.165) is 51.3 Å². The zero-order valence-corrected chi connectivity index (χ0v) is 16.4. The molecule has 2 aliphatic heterocycles. The van der Waals surface area contributed by atoms with Gasteiger partial charge in [0.2, 0.25) is 0 Å². The molecule has 1 aromatic heterocycles. The van der Waals surface area contributed by atoms with E-state index in [2.05, 4.69) is 23.3 Å². The normalized spacial score (nSPS) is 19.1. The second kappa shape index (κ2) is 7.00. The first-order chi connectivity index (χ1) is 13.1. The van der Waals surface area contributed by atoms with Gasteiger partial charge >= 0.3 is 0 Å². The molecular weight excluding hydrogens is 340 g/mol. The van der Waals surface area contributed by atoms with E-state index in [-0.39, 0.29) is 11.4 Å². The highest BCUT2D eigenvalue weighted by Gasteiger charge is 2.46. The number of aromatic nitrogens is 2. The minimum Gasteiger partial charge on any atom is -0.497 e. The number of ether oxygens (including phenoxy) is 1. The summed E-state index contributed by atoms with van der Waals surface area (Å²) < 4.78 is 7.63. The molecule has 1 fully saturated rings. The number of aryl methyl sites for hydroxylation is 1. The van der Waals surface area contributed by atoms with Gasteiger partial charge in [0, 0.05) is 43.6 Å². The molecule has 3 heterocycles. The lowest BCUT2D eigenvalue weighted by atomic mass is 9.83. The predicted molar refractivity (Wildman–Crippen MR) is 104 cm³/mol. The Morgan fingerprint density at radius 3 is 2.70 bits per heavy atom. The number of carbonyl (C=O) groups is 1. The molecule has 1 aromatic carbocycles. The van der Waals surface area contributed by atoms with Gasteiger partial charge in [-0.15, -0.1) is 0 Å². The molecule has 0 radical (unpaired) electrons. The number of likely N-dealkylation sites (N-methyl/N-ethyl adjacent to an activating group) is 1. The van der Waals surface area contributed by atoms with Crippen LogP contribution >= 0.6 is 0 Å². The number of fused-ring (bicyclic) bond motifs is 2. The van der Waals surface area contributed by atoms with Gasteiger partial charge < -0.3 is 14.2 Å². The minimum absolute atomic E-state index is 0.0492. The third kappa shape index (κ3) is 2.92. The lowest BCUT2D eigenvalue weighted by molar-refractivity contribution is -0.00372. The molecule has 0 aliphatic carbocycles. The van der Waals surface area contributed by atoms with Crippen molar-refractivity contribution in [2.75, 3.05) is 33.3 Å². The number of hydrogen-bond donors (Lipinski definition) is 0. The summed E-state index contributed by atoms with van der Waals surface area (Å²) in [6.07, 6.45) is 3.84. The monoisotopic (exact) mass is 368 g/mol. The Balaban J connectivity index is 1.56. The summed E-state index contributed by atoms with van der Waals surface area (Å²) >= 11 is 0. The van der Waals surface area contributed by atoms with E-state index in [1.165, 1.54) is 11.5 Å². The maximum Gasteiger partial charge on any atom is 0.253 e. The Morgan fingerprint density at radius 1 is 1.22 bits per heavy atom. The number of piperidine rings is 1. The molecule has 0 bridgehead atoms. The summed E-state index contributed by atoms with van der Waals surface area (Å²) in [4.78, 5) is 22.3. The summed E-state index contributed by atoms with van der Waals surface area (Å²) in [5.74, 6) is 1.99. The Hall–Kier alpha value is -2.34. The number of amides is 1. The van der Waals surface area contributed by atoms with E-state index in [9.17, 15) is 4.79 Å². The molecule has 2 aliphatic rings. The van der Waals surface area contributed by atoms with E-state index in [1.54, 1.807) is 7.11 Å². The van der Waals surface area contributed by atoms with Gasteiger partial charge in [0.15, 0.2) is 0 Å². The Bertz CT molecular complexity index is 836. The minimum atomic E-state index is -0.0492. The van der Waals surface area contributed by atoms with Crippen LogP contribution in [0.4, 0.5) is 0 Å². The Kier molecular flexibility index (Phi) is 4.68. The molecule has 1 saturated heterocycles. The van der Waals surface area contributed by atoms with Gasteiger partial charge in [-0.2, -0.15) is 0 Å². The molecular formula is C21H28N4O2. The van der Waals surface area contributed by atoms with Crippen LogP contribution < -0.4 is 4.74 Å². The lowest BCUT2D eigenvalue weighted by Gasteiger charge is -2.50. The van der Waals surface area contributed by atoms with Crippen molar-refractivity contribution in [2.24, 2.45) is 0 Å². The van der Waals surface area contributed by atoms with Crippen LogP contribution in [0, 0.1) is 6.92 Å². The fraction of sp³-hybridized carbons (Fsp3) is 0.524. The predicted octanol–water partition coefficient (Wildman–Crippen LogP) is 2.67. The number of benzene rings is 1. The highest BCUT2D eigenvalue weighted by atomic mass is 16.5. The van der Waals surface area contributed by atoms with E-state index in [0.29, 0.717) is 5.56 Å². The van der Waals surface area contributed by atoms with Crippen LogP contribution in [0.3, 0.4) is 0 Å². The van der Waals surface area contributed by atoms with Crippen LogP contribution in [-0.4, -0.2) is 58.5 Å². The van der Waals surface area contributed by atoms with E-state index >= 15 is 0 Å². The summed E-state index contributed by atoms with van der Waals surface area (Å²) in [5, 5.41) is 0. The summed E-state index contributed by atoms with van der Waals surface area (Å²) in [7, 11) is 1.63. The smallest absolute Gasteiger partial charge is 0.253 e. The van der Waals surface area contributed by atoms with Crippen LogP contribution in [-0.2, 0) is 12.1 Å². The van der Waals surface area contributed by atoms with Gasteiger partial charge in [0.1, 0.15) is 11.6 Å². The Morgan fingerprint density at radius 2 is 2.00 bits per heavy atom. The quantitative estimate of drug-likeness (QED) is 0.836. The van der Waals surface area contributed by atoms with E-state index in [4.69, 9.17) is 9.72 Å². The largest absolute Gasteiger partial charge is 0.497 e. The molecule has 27 heavy (non-hydrogen) atoms. The van der Waals surface area contributed by atoms with Crippen molar-refractivity contribution < 1.29 is 9.53 Å². The average Bonchev–Trinajstić information content (AvgIpc) is 3.10. The van der Waals surface area contributed by atoms with Crippen molar-refractivity contribution in [3.05, 3.63) is 47.5 Å². The molecule has 0 saturated carbocycles. The molecule has 6 nitrogen and oxygen atoms in total. The van der Waals surface area contributed by atoms with Crippen LogP contribution in [0.15, 0.2) is 30.5 Å². The number of carbonyl (C=O) groups excluding carboxylic acids is 1. The number of hydrogen-bond acceptors (Lipinski definition) is 4. The summed E-state index contributed by atoms with van der Waals surface area (Å²) in [5.41, 5.74) is 1.88. The van der Waals surface area contributed by atoms with Crippen molar-refractivity contribution >= 4 is 5.91 Å².